The first-order valence-corrected chi connectivity index (χ1v) is 23.1. The zero-order valence-electron chi connectivity index (χ0n) is 36.7. The van der Waals surface area contributed by atoms with E-state index in [1.807, 2.05) is 0 Å². The van der Waals surface area contributed by atoms with Crippen LogP contribution in [0.1, 0.15) is 60.9 Å². The molecule has 0 aromatic heterocycles. The summed E-state index contributed by atoms with van der Waals surface area (Å²) in [4.78, 5) is 61.1. The molecule has 5 aliphatic rings. The lowest BCUT2D eigenvalue weighted by Crippen LogP contribution is -2.64. The number of unbranched alkanes of at least 4 members (excludes halogenated alkanes) is 2. The van der Waals surface area contributed by atoms with E-state index in [1.165, 1.54) is 0 Å². The first-order valence-electron chi connectivity index (χ1n) is 22.0. The number of benzene rings is 1. The highest BCUT2D eigenvalue weighted by molar-refractivity contribution is 8.00. The molecule has 28 heteroatoms. The van der Waals surface area contributed by atoms with E-state index in [2.05, 4.69) is 41.7 Å². The first kappa shape index (κ1) is 53.3. The summed E-state index contributed by atoms with van der Waals surface area (Å²) in [5, 5.41) is 92.2. The van der Waals surface area contributed by atoms with Crippen LogP contribution in [0.4, 0.5) is 18.0 Å². The van der Waals surface area contributed by atoms with Gasteiger partial charge in [-0.25, -0.2) is 4.79 Å². The highest BCUT2D eigenvalue weighted by Gasteiger charge is 2.65. The van der Waals surface area contributed by atoms with Crippen LogP contribution in [0.5, 0.6) is 5.75 Å². The van der Waals surface area contributed by atoms with Crippen molar-refractivity contribution >= 4 is 35.5 Å². The number of fused-ring (bicyclic) bond motifs is 1. The quantitative estimate of drug-likeness (QED) is 0.0224. The zero-order chi connectivity index (χ0) is 49.3. The smallest absolute Gasteiger partial charge is 0.394 e. The van der Waals surface area contributed by atoms with Gasteiger partial charge in [0.15, 0.2) is 18.3 Å². The van der Waals surface area contributed by atoms with Gasteiger partial charge < -0.3 is 86.2 Å². The summed E-state index contributed by atoms with van der Waals surface area (Å²) in [7, 11) is 1.06. The highest BCUT2D eigenvalue weighted by Crippen LogP contribution is 2.53. The number of aliphatic hydroxyl groups excluding tert-OH is 7. The van der Waals surface area contributed by atoms with Crippen molar-refractivity contribution in [2.24, 2.45) is 10.2 Å². The molecule has 5 aliphatic heterocycles. The summed E-state index contributed by atoms with van der Waals surface area (Å²) in [6, 6.07) is 1.66. The Morgan fingerprint density at radius 1 is 0.912 bits per heavy atom. The molecule has 24 nitrogen and oxygen atoms in total. The number of carbonyl (C=O) groups is 4. The molecule has 0 bridgehead atoms. The second-order valence-electron chi connectivity index (χ2n) is 16.7. The van der Waals surface area contributed by atoms with E-state index in [9.17, 15) is 68.1 Å². The monoisotopic (exact) mass is 997 g/mol. The fourth-order valence-electron chi connectivity index (χ4n) is 8.26. The zero-order valence-corrected chi connectivity index (χ0v) is 37.5. The molecule has 12 N–H and O–H groups in total. The number of aliphatic hydroxyl groups is 7. The van der Waals surface area contributed by atoms with Gasteiger partial charge in [0.25, 0.3) is 5.91 Å². The number of nitrogens with zero attached hydrogens (tertiary/aromatic N) is 2. The molecule has 4 fully saturated rings. The molecule has 1 aromatic rings. The predicted molar refractivity (Wildman–Crippen MR) is 224 cm³/mol. The molecule has 14 atom stereocenters. The van der Waals surface area contributed by atoms with Crippen molar-refractivity contribution < 1.29 is 96.8 Å². The fraction of sp³-hybridized carbons (Fsp3) is 0.750. The van der Waals surface area contributed by atoms with E-state index in [-0.39, 0.29) is 67.4 Å². The molecule has 5 amide bonds. The van der Waals surface area contributed by atoms with Crippen molar-refractivity contribution in [1.29, 1.82) is 0 Å². The molecule has 4 saturated heterocycles. The average Bonchev–Trinajstić information content (AvgIpc) is 3.95. The molecule has 68 heavy (non-hydrogen) atoms. The van der Waals surface area contributed by atoms with Gasteiger partial charge >= 0.3 is 17.9 Å². The minimum absolute atomic E-state index is 0.0130. The topological polar surface area (TPSA) is 350 Å². The van der Waals surface area contributed by atoms with E-state index in [1.54, 1.807) is 11.8 Å². The van der Waals surface area contributed by atoms with Crippen molar-refractivity contribution in [2.45, 2.75) is 142 Å². The van der Waals surface area contributed by atoms with Gasteiger partial charge in [-0.15, -0.1) is 10.2 Å². The van der Waals surface area contributed by atoms with Crippen LogP contribution in [0.15, 0.2) is 28.4 Å². The number of hydrogen-bond donors (Lipinski definition) is 12. The first-order chi connectivity index (χ1) is 32.4. The largest absolute Gasteiger partial charge is 0.442 e. The molecule has 382 valence electrons. The molecular weight excluding hydrogens is 940 g/mol. The van der Waals surface area contributed by atoms with Gasteiger partial charge in [0.1, 0.15) is 54.9 Å². The van der Waals surface area contributed by atoms with Gasteiger partial charge in [-0.2, -0.15) is 29.8 Å². The van der Waals surface area contributed by atoms with Crippen molar-refractivity contribution in [1.82, 2.24) is 26.6 Å². The number of carbonyl (C=O) groups excluding carboxylic acids is 4. The Hall–Kier alpha value is -4.04. The van der Waals surface area contributed by atoms with Crippen LogP contribution in [-0.4, -0.2) is 196 Å². The number of amides is 5. The number of ether oxygens (including phenoxy) is 4. The number of halogens is 3. The van der Waals surface area contributed by atoms with Crippen molar-refractivity contribution in [2.75, 3.05) is 45.8 Å². The van der Waals surface area contributed by atoms with Crippen molar-refractivity contribution in [3.8, 4) is 5.75 Å². The molecule has 1 aromatic carbocycles. The maximum atomic E-state index is 13.8. The number of alkyl halides is 3. The second-order valence-corrected chi connectivity index (χ2v) is 18.0. The van der Waals surface area contributed by atoms with E-state index in [4.69, 9.17) is 23.8 Å². The van der Waals surface area contributed by atoms with E-state index in [0.717, 1.165) is 43.9 Å². The standard InChI is InChI=1S/C40H58F3N7O17S/c1-62-67-22-14-18(39(49-50-39)40(41,42)43)9-10-19(22)34(59)46-20(6-4-5-11-44-26(53)8-3-2-7-25-27-21(17-68-25)47-38(61)48-27)35(60)45-12-13-63-36-32(58)30(56)33(24(16-52)65-36)66-37-31(57)29(55)28(54)23(15-51)64-37/h9-10,14,20-21,23-25,27-33,36-37,51-52,54-58H,2-8,11-13,15-17H2,1H3,(H,44,53)(H,45,60)(H,46,59)(H2,47,48,61)/t20-,21-,23+,24+,25-,27-,28-,29-,30+,31+,32+,33+,36+,37-/m0/s1. The minimum Gasteiger partial charge on any atom is -0.394 e. The lowest BCUT2D eigenvalue weighted by Gasteiger charge is -2.45. The van der Waals surface area contributed by atoms with Gasteiger partial charge in [-0.3, -0.25) is 14.4 Å². The lowest BCUT2D eigenvalue weighted by atomic mass is 9.97. The maximum absolute atomic E-state index is 13.8. The van der Waals surface area contributed by atoms with Gasteiger partial charge in [-0.1, -0.05) is 12.5 Å². The molecule has 0 saturated carbocycles. The highest BCUT2D eigenvalue weighted by atomic mass is 32.2. The molecular formula is C40H58F3N7O17S. The van der Waals surface area contributed by atoms with Gasteiger partial charge in [-0.05, 0) is 44.2 Å². The minimum atomic E-state index is -4.88. The van der Waals surface area contributed by atoms with Crippen LogP contribution in [0, 0.1) is 0 Å². The summed E-state index contributed by atoms with van der Waals surface area (Å²) >= 11 is 1.79. The molecule has 6 rings (SSSR count). The van der Waals surface area contributed by atoms with Crippen LogP contribution in [0.3, 0.4) is 0 Å². The summed E-state index contributed by atoms with van der Waals surface area (Å²) in [6.45, 7) is -1.99. The summed E-state index contributed by atoms with van der Waals surface area (Å²) < 4.78 is 63.2. The number of urea groups is 1. The van der Waals surface area contributed by atoms with Crippen LogP contribution >= 0.6 is 11.8 Å². The molecule has 0 aliphatic carbocycles. The van der Waals surface area contributed by atoms with Crippen LogP contribution in [-0.2, 0) is 39.1 Å². The average molecular weight is 998 g/mol. The Labute approximate surface area is 390 Å². The maximum Gasteiger partial charge on any atom is 0.442 e. The van der Waals surface area contributed by atoms with E-state index in [0.29, 0.717) is 19.3 Å². The number of nitrogens with one attached hydrogen (secondary N) is 5. The fourth-order valence-corrected chi connectivity index (χ4v) is 9.81. The Morgan fingerprint density at radius 2 is 1.63 bits per heavy atom. The molecule has 0 unspecified atom stereocenters. The van der Waals surface area contributed by atoms with Crippen LogP contribution in [0.2, 0.25) is 0 Å². The van der Waals surface area contributed by atoms with E-state index >= 15 is 0 Å². The Bertz CT molecular complexity index is 1920. The summed E-state index contributed by atoms with van der Waals surface area (Å²) in [5.74, 6) is -1.43. The Balaban J connectivity index is 1.01. The van der Waals surface area contributed by atoms with Gasteiger partial charge in [0, 0.05) is 36.1 Å². The van der Waals surface area contributed by atoms with Crippen molar-refractivity contribution in [3.63, 3.8) is 0 Å². The van der Waals surface area contributed by atoms with Crippen LogP contribution in [0.25, 0.3) is 0 Å². The lowest BCUT2D eigenvalue weighted by molar-refractivity contribution is -0.359. The molecule has 5 heterocycles. The Morgan fingerprint density at radius 3 is 2.32 bits per heavy atom. The second kappa shape index (κ2) is 23.7. The number of thioether (sulfide) groups is 1. The SMILES string of the molecule is COOc1cc(C2(C(F)(F)F)N=N2)ccc1C(=O)N[C@@H](CCCCNC(=O)CCCC[C@@H]1SC[C@@H]2NC(=O)N[C@@H]21)C(=O)NCCO[C@@H]1O[C@H](CO)[C@@H](O[C@@H]2O[C@H](CO)[C@H](O)[C@H](O)[C@H]2O)[C@H](O)[C@H]1O. The summed E-state index contributed by atoms with van der Waals surface area (Å²) in [6.07, 6.45) is -18.4. The third-order valence-electron chi connectivity index (χ3n) is 12.1. The van der Waals surface area contributed by atoms with Crippen LogP contribution < -0.4 is 31.5 Å². The number of rotatable bonds is 24. The predicted octanol–water partition coefficient (Wildman–Crippen LogP) is -2.32. The third kappa shape index (κ3) is 12.6. The Kier molecular flexibility index (Phi) is 18.6. The van der Waals surface area contributed by atoms with E-state index < -0.39 is 116 Å². The summed E-state index contributed by atoms with van der Waals surface area (Å²) in [5.41, 5.74) is -3.58. The number of hydrogen-bond acceptors (Lipinski definition) is 20. The molecule has 0 spiro atoms. The normalized spacial score (nSPS) is 32.1. The molecule has 0 radical (unpaired) electrons. The van der Waals surface area contributed by atoms with Gasteiger partial charge in [0.05, 0.1) is 44.6 Å². The van der Waals surface area contributed by atoms with Gasteiger partial charge in [0.2, 0.25) is 11.8 Å². The van der Waals surface area contributed by atoms with Crippen molar-refractivity contribution in [3.05, 3.63) is 29.3 Å². The third-order valence-corrected chi connectivity index (χ3v) is 13.6.